The summed E-state index contributed by atoms with van der Waals surface area (Å²) in [5.41, 5.74) is 0.508. The Labute approximate surface area is 124 Å². The van der Waals surface area contributed by atoms with Crippen molar-refractivity contribution in [2.75, 3.05) is 13.2 Å². The van der Waals surface area contributed by atoms with E-state index >= 15 is 0 Å². The molecule has 0 unspecified atom stereocenters. The lowest BCUT2D eigenvalue weighted by Crippen LogP contribution is -2.27. The van der Waals surface area contributed by atoms with Crippen LogP contribution in [0.2, 0.25) is 0 Å². The lowest BCUT2D eigenvalue weighted by molar-refractivity contribution is -0.00732. The Morgan fingerprint density at radius 1 is 1.11 bits per heavy atom. The maximum atomic E-state index is 5.89. The summed E-state index contributed by atoms with van der Waals surface area (Å²) >= 11 is 3.41. The monoisotopic (exact) mass is 326 g/mol. The van der Waals surface area contributed by atoms with Gasteiger partial charge < -0.3 is 9.47 Å². The molecule has 0 saturated heterocycles. The van der Waals surface area contributed by atoms with Gasteiger partial charge in [-0.3, -0.25) is 0 Å². The average molecular weight is 327 g/mol. The van der Waals surface area contributed by atoms with E-state index in [4.69, 9.17) is 9.47 Å². The van der Waals surface area contributed by atoms with Gasteiger partial charge >= 0.3 is 0 Å². The normalized spacial score (nSPS) is 19.3. The van der Waals surface area contributed by atoms with Gasteiger partial charge in [-0.15, -0.1) is 0 Å². The molecule has 106 valence electrons. The van der Waals surface area contributed by atoms with Gasteiger partial charge in [-0.25, -0.2) is 0 Å². The maximum absolute atomic E-state index is 5.89. The zero-order valence-electron chi connectivity index (χ0n) is 11.8. The molecule has 2 nitrogen and oxygen atoms in total. The van der Waals surface area contributed by atoms with Gasteiger partial charge in [-0.05, 0) is 55.4 Å². The minimum absolute atomic E-state index is 0.432. The molecule has 0 bridgehead atoms. The molecule has 19 heavy (non-hydrogen) atoms. The van der Waals surface area contributed by atoms with E-state index in [1.165, 1.54) is 25.7 Å². The molecule has 1 aromatic carbocycles. The van der Waals surface area contributed by atoms with Crippen LogP contribution in [0.3, 0.4) is 0 Å². The topological polar surface area (TPSA) is 18.5 Å². The molecular weight excluding hydrogens is 304 g/mol. The van der Waals surface area contributed by atoms with Gasteiger partial charge in [0.25, 0.3) is 0 Å². The van der Waals surface area contributed by atoms with Crippen LogP contribution in [-0.4, -0.2) is 19.3 Å². The molecule has 0 amide bonds. The first-order chi connectivity index (χ1) is 9.05. The highest BCUT2D eigenvalue weighted by Crippen LogP contribution is 2.36. The summed E-state index contributed by atoms with van der Waals surface area (Å²) in [7, 11) is 0. The number of benzene rings is 1. The molecule has 3 heteroatoms. The Morgan fingerprint density at radius 2 is 1.74 bits per heavy atom. The van der Waals surface area contributed by atoms with Gasteiger partial charge in [-0.1, -0.05) is 29.8 Å². The minimum Gasteiger partial charge on any atom is -0.491 e. The highest BCUT2D eigenvalue weighted by atomic mass is 79.9. The van der Waals surface area contributed by atoms with Crippen molar-refractivity contribution in [3.8, 4) is 5.75 Å². The fraction of sp³-hybridized carbons (Fsp3) is 0.625. The largest absolute Gasteiger partial charge is 0.491 e. The van der Waals surface area contributed by atoms with E-state index < -0.39 is 0 Å². The Balaban J connectivity index is 1.61. The fourth-order valence-corrected chi connectivity index (χ4v) is 2.71. The van der Waals surface area contributed by atoms with Gasteiger partial charge in [0.1, 0.15) is 12.4 Å². The minimum atomic E-state index is 0.432. The van der Waals surface area contributed by atoms with E-state index in [2.05, 4.69) is 29.8 Å². The van der Waals surface area contributed by atoms with Crippen LogP contribution in [0, 0.1) is 5.41 Å². The lowest BCUT2D eigenvalue weighted by atomic mass is 9.76. The summed E-state index contributed by atoms with van der Waals surface area (Å²) in [4.78, 5) is 0. The maximum Gasteiger partial charge on any atom is 0.119 e. The number of rotatable bonds is 5. The molecule has 0 atom stereocenters. The van der Waals surface area contributed by atoms with Gasteiger partial charge in [0, 0.05) is 4.47 Å². The van der Waals surface area contributed by atoms with E-state index in [0.717, 1.165) is 10.2 Å². The smallest absolute Gasteiger partial charge is 0.119 e. The van der Waals surface area contributed by atoms with E-state index in [9.17, 15) is 0 Å². The van der Waals surface area contributed by atoms with Crippen LogP contribution in [0.1, 0.15) is 39.5 Å². The summed E-state index contributed by atoms with van der Waals surface area (Å²) < 4.78 is 12.6. The van der Waals surface area contributed by atoms with Crippen molar-refractivity contribution in [2.45, 2.75) is 45.6 Å². The molecule has 0 radical (unpaired) electrons. The van der Waals surface area contributed by atoms with Gasteiger partial charge in [0.15, 0.2) is 0 Å². The first kappa shape index (κ1) is 14.9. The van der Waals surface area contributed by atoms with Crippen LogP contribution >= 0.6 is 15.9 Å². The Kier molecular flexibility index (Phi) is 5.28. The standard InChI is InChI=1S/C16H23BrO2/c1-16(2)9-7-15(8-10-16)19-12-11-18-14-5-3-13(17)4-6-14/h3-6,15H,7-12H2,1-2H3. The van der Waals surface area contributed by atoms with Crippen LogP contribution in [0.25, 0.3) is 0 Å². The molecule has 0 aliphatic heterocycles. The predicted molar refractivity (Wildman–Crippen MR) is 81.6 cm³/mol. The van der Waals surface area contributed by atoms with Crippen LogP contribution in [0.5, 0.6) is 5.75 Å². The molecule has 1 saturated carbocycles. The fourth-order valence-electron chi connectivity index (χ4n) is 2.44. The quantitative estimate of drug-likeness (QED) is 0.722. The summed E-state index contributed by atoms with van der Waals surface area (Å²) in [5, 5.41) is 0. The first-order valence-corrected chi connectivity index (χ1v) is 7.84. The molecule has 0 aromatic heterocycles. The van der Waals surface area contributed by atoms with Gasteiger partial charge in [0.2, 0.25) is 0 Å². The first-order valence-electron chi connectivity index (χ1n) is 7.05. The van der Waals surface area contributed by atoms with Crippen molar-refractivity contribution in [3.63, 3.8) is 0 Å². The summed E-state index contributed by atoms with van der Waals surface area (Å²) in [5.74, 6) is 0.900. The van der Waals surface area contributed by atoms with Crippen molar-refractivity contribution < 1.29 is 9.47 Å². The highest BCUT2D eigenvalue weighted by molar-refractivity contribution is 9.10. The highest BCUT2D eigenvalue weighted by Gasteiger charge is 2.26. The Morgan fingerprint density at radius 3 is 2.37 bits per heavy atom. The number of hydrogen-bond acceptors (Lipinski definition) is 2. The van der Waals surface area contributed by atoms with E-state index in [1.54, 1.807) is 0 Å². The average Bonchev–Trinajstić information content (AvgIpc) is 2.38. The zero-order chi connectivity index (χ0) is 13.7. The third-order valence-electron chi connectivity index (χ3n) is 3.81. The molecule has 0 spiro atoms. The predicted octanol–water partition coefficient (Wildman–Crippen LogP) is 4.81. The molecule has 2 rings (SSSR count). The summed E-state index contributed by atoms with van der Waals surface area (Å²) in [6.07, 6.45) is 5.34. The number of hydrogen-bond donors (Lipinski definition) is 0. The van der Waals surface area contributed by atoms with Crippen LogP contribution in [-0.2, 0) is 4.74 Å². The van der Waals surface area contributed by atoms with E-state index in [-0.39, 0.29) is 0 Å². The van der Waals surface area contributed by atoms with Crippen molar-refractivity contribution in [1.82, 2.24) is 0 Å². The summed E-state index contributed by atoms with van der Waals surface area (Å²) in [6.45, 7) is 6.00. The second kappa shape index (κ2) is 6.76. The molecule has 1 aliphatic rings. The lowest BCUT2D eigenvalue weighted by Gasteiger charge is -2.34. The molecule has 1 aliphatic carbocycles. The second-order valence-electron chi connectivity index (χ2n) is 6.04. The Bertz CT molecular complexity index is 376. The number of ether oxygens (including phenoxy) is 2. The van der Waals surface area contributed by atoms with Crippen molar-refractivity contribution in [1.29, 1.82) is 0 Å². The molecular formula is C16H23BrO2. The third-order valence-corrected chi connectivity index (χ3v) is 4.33. The molecule has 1 aromatic rings. The second-order valence-corrected chi connectivity index (χ2v) is 6.95. The van der Waals surface area contributed by atoms with Crippen LogP contribution < -0.4 is 4.74 Å². The van der Waals surface area contributed by atoms with E-state index in [1.807, 2.05) is 24.3 Å². The van der Waals surface area contributed by atoms with Crippen LogP contribution in [0.15, 0.2) is 28.7 Å². The van der Waals surface area contributed by atoms with Crippen molar-refractivity contribution in [2.24, 2.45) is 5.41 Å². The van der Waals surface area contributed by atoms with E-state index in [0.29, 0.717) is 24.7 Å². The molecule has 1 fully saturated rings. The van der Waals surface area contributed by atoms with Crippen molar-refractivity contribution in [3.05, 3.63) is 28.7 Å². The van der Waals surface area contributed by atoms with Gasteiger partial charge in [-0.2, -0.15) is 0 Å². The number of halogens is 1. The van der Waals surface area contributed by atoms with Gasteiger partial charge in [0.05, 0.1) is 12.7 Å². The van der Waals surface area contributed by atoms with Crippen LogP contribution in [0.4, 0.5) is 0 Å². The SMILES string of the molecule is CC1(C)CCC(OCCOc2ccc(Br)cc2)CC1. The zero-order valence-corrected chi connectivity index (χ0v) is 13.4. The Hall–Kier alpha value is -0.540. The van der Waals surface area contributed by atoms with Crippen molar-refractivity contribution >= 4 is 15.9 Å². The molecule has 0 N–H and O–H groups in total. The summed E-state index contributed by atoms with van der Waals surface area (Å²) in [6, 6.07) is 7.90. The third kappa shape index (κ3) is 5.15. The molecule has 0 heterocycles.